The van der Waals surface area contributed by atoms with Crippen molar-refractivity contribution in [3.05, 3.63) is 71.8 Å². The molecule has 316 valence electrons. The van der Waals surface area contributed by atoms with E-state index in [1.54, 1.807) is 0 Å². The summed E-state index contributed by atoms with van der Waals surface area (Å²) in [5.74, 6) is 0. The summed E-state index contributed by atoms with van der Waals surface area (Å²) in [6.07, 6.45) is -46.4. The Hall–Kier alpha value is -1.48. The minimum atomic E-state index is -9.71. The Morgan fingerprint density at radius 2 is 0.545 bits per heavy atom. The number of halogens is 20. The molecule has 0 aliphatic carbocycles. The SMILES string of the molecule is FC(F)(F)CC[C](F)(F)[Sn]([O]Cc1ccccc1)([O][Sn]([O]Cc1ccccc1)([C](F)(F)CCC(F)(F)F)[C](F)(F)CCC(F)(F)F)[C](F)(F)CCC(F)(F)F. The van der Waals surface area contributed by atoms with Gasteiger partial charge in [0.2, 0.25) is 0 Å². The molecule has 3 nitrogen and oxygen atoms in total. The van der Waals surface area contributed by atoms with Crippen LogP contribution in [0.15, 0.2) is 60.7 Å². The third-order valence-electron chi connectivity index (χ3n) is 7.67. The van der Waals surface area contributed by atoms with E-state index in [9.17, 15) is 52.7 Å². The molecule has 0 atom stereocenters. The van der Waals surface area contributed by atoms with Crippen molar-refractivity contribution in [1.82, 2.24) is 0 Å². The van der Waals surface area contributed by atoms with Crippen LogP contribution in [0.5, 0.6) is 0 Å². The van der Waals surface area contributed by atoms with Gasteiger partial charge in [0.15, 0.2) is 0 Å². The second kappa shape index (κ2) is 18.2. The van der Waals surface area contributed by atoms with Crippen LogP contribution in [-0.4, -0.2) is 78.9 Å². The predicted octanol–water partition coefficient (Wildman–Crippen LogP) is 12.4. The van der Waals surface area contributed by atoms with Crippen LogP contribution in [-0.2, 0) is 20.8 Å². The summed E-state index contributed by atoms with van der Waals surface area (Å²) in [5.41, 5.74) is -1.10. The fraction of sp³-hybridized carbons (Fsp3) is 0.600. The summed E-state index contributed by atoms with van der Waals surface area (Å²) in [5, 5.41) is 0. The predicted molar refractivity (Wildman–Crippen MR) is 156 cm³/mol. The molecule has 0 aliphatic rings. The molecule has 0 bridgehead atoms. The van der Waals surface area contributed by atoms with Gasteiger partial charge in [-0.25, -0.2) is 0 Å². The molecule has 0 saturated carbocycles. The van der Waals surface area contributed by atoms with Gasteiger partial charge in [0.1, 0.15) is 0 Å². The number of alkyl halides is 20. The van der Waals surface area contributed by atoms with Gasteiger partial charge < -0.3 is 0 Å². The average Bonchev–Trinajstić information content (AvgIpc) is 3.04. The van der Waals surface area contributed by atoms with Crippen LogP contribution >= 0.6 is 0 Å². The number of benzene rings is 2. The molecule has 2 aromatic rings. The molecule has 2 aromatic carbocycles. The van der Waals surface area contributed by atoms with Crippen molar-refractivity contribution < 1.29 is 95.4 Å². The molecule has 0 N–H and O–H groups in total. The Balaban J connectivity index is 3.18. The van der Waals surface area contributed by atoms with E-state index in [0.717, 1.165) is 48.5 Å². The molecule has 0 aromatic heterocycles. The Morgan fingerprint density at radius 1 is 0.327 bits per heavy atom. The topological polar surface area (TPSA) is 27.7 Å². The summed E-state index contributed by atoms with van der Waals surface area (Å²) < 4.78 is 280. The first-order valence-electron chi connectivity index (χ1n) is 15.5. The van der Waals surface area contributed by atoms with Crippen LogP contribution < -0.4 is 0 Å². The summed E-state index contributed by atoms with van der Waals surface area (Å²) in [6, 6.07) is 9.88. The van der Waals surface area contributed by atoms with Crippen LogP contribution in [0.1, 0.15) is 62.5 Å². The molecular weight excluding hydrogens is 1030 g/mol. The van der Waals surface area contributed by atoms with Crippen molar-refractivity contribution in [3.63, 3.8) is 0 Å². The number of rotatable bonds is 20. The second-order valence-electron chi connectivity index (χ2n) is 12.2. The molecule has 0 saturated heterocycles. The molecule has 0 unspecified atom stereocenters. The van der Waals surface area contributed by atoms with E-state index in [1.165, 1.54) is 12.1 Å². The summed E-state index contributed by atoms with van der Waals surface area (Å²) >= 11 is -19.4. The number of hydrogen-bond acceptors (Lipinski definition) is 3. The summed E-state index contributed by atoms with van der Waals surface area (Å²) in [4.78, 5) is 0. The number of hydrogen-bond donors (Lipinski definition) is 0. The summed E-state index contributed by atoms with van der Waals surface area (Å²) in [6.45, 7) is -3.58. The molecule has 0 heterocycles. The maximum absolute atomic E-state index is 16.4. The van der Waals surface area contributed by atoms with E-state index in [4.69, 9.17) is 0 Å². The molecular formula is C30H30F20O3Sn2. The first kappa shape index (κ1) is 49.7. The Morgan fingerprint density at radius 3 is 0.745 bits per heavy atom. The Kier molecular flexibility index (Phi) is 16.4. The summed E-state index contributed by atoms with van der Waals surface area (Å²) in [7, 11) is 0. The second-order valence-corrected chi connectivity index (χ2v) is 33.7. The quantitative estimate of drug-likeness (QED) is 0.0977. The van der Waals surface area contributed by atoms with Gasteiger partial charge in [-0.3, -0.25) is 0 Å². The van der Waals surface area contributed by atoms with Crippen molar-refractivity contribution in [2.75, 3.05) is 0 Å². The molecule has 0 amide bonds. The zero-order chi connectivity index (χ0) is 42.4. The molecule has 0 radical (unpaired) electrons. The van der Waals surface area contributed by atoms with Crippen LogP contribution in [0.4, 0.5) is 87.8 Å². The van der Waals surface area contributed by atoms with E-state index in [1.807, 2.05) is 0 Å². The van der Waals surface area contributed by atoms with Crippen molar-refractivity contribution in [1.29, 1.82) is 0 Å². The van der Waals surface area contributed by atoms with Gasteiger partial charge in [-0.05, 0) is 0 Å². The first-order valence-corrected chi connectivity index (χ1v) is 25.9. The van der Waals surface area contributed by atoms with Crippen molar-refractivity contribution in [2.45, 2.75) is 105 Å². The van der Waals surface area contributed by atoms with Crippen molar-refractivity contribution in [3.8, 4) is 0 Å². The minimum absolute atomic E-state index is 0.552. The van der Waals surface area contributed by atoms with Crippen molar-refractivity contribution >= 4 is 38.4 Å². The molecule has 55 heavy (non-hydrogen) atoms. The van der Waals surface area contributed by atoms with Crippen molar-refractivity contribution in [2.24, 2.45) is 0 Å². The maximum atomic E-state index is 16.4. The van der Waals surface area contributed by atoms with Crippen LogP contribution in [0.3, 0.4) is 0 Å². The van der Waals surface area contributed by atoms with Crippen LogP contribution in [0, 0.1) is 0 Å². The van der Waals surface area contributed by atoms with Gasteiger partial charge >= 0.3 is 311 Å². The van der Waals surface area contributed by atoms with Gasteiger partial charge in [0.05, 0.1) is 0 Å². The van der Waals surface area contributed by atoms with E-state index >= 15 is 35.1 Å². The van der Waals surface area contributed by atoms with Gasteiger partial charge in [-0.2, -0.15) is 0 Å². The zero-order valence-electron chi connectivity index (χ0n) is 27.6. The van der Waals surface area contributed by atoms with Crippen LogP contribution in [0.2, 0.25) is 0 Å². The van der Waals surface area contributed by atoms with E-state index < -0.39 is 155 Å². The standard InChI is InChI=1S/2C7H7O.4C4H4F5.O.2Sn/c2*8-6-7-4-2-1-3-5-7;4*5-3(6)1-2-4(7,8)9;;;/h2*1-5H,6H2;4*1-2H2;;;/q2*-1;;;;;;2*+1. The zero-order valence-corrected chi connectivity index (χ0v) is 33.3. The Labute approximate surface area is 309 Å². The Bertz CT molecular complexity index is 1290. The van der Waals surface area contributed by atoms with E-state index in [-0.39, 0.29) is 0 Å². The normalized spacial score (nSPS) is 14.8. The molecule has 0 spiro atoms. The fourth-order valence-electron chi connectivity index (χ4n) is 4.89. The van der Waals surface area contributed by atoms with E-state index in [2.05, 4.69) is 7.56 Å². The van der Waals surface area contributed by atoms with Gasteiger partial charge in [-0.15, -0.1) is 0 Å². The first-order chi connectivity index (χ1) is 24.7. The van der Waals surface area contributed by atoms with Gasteiger partial charge in [0.25, 0.3) is 0 Å². The third kappa shape index (κ3) is 14.4. The van der Waals surface area contributed by atoms with E-state index in [0.29, 0.717) is 0 Å². The monoisotopic (exact) mass is 1060 g/mol. The van der Waals surface area contributed by atoms with Gasteiger partial charge in [-0.1, -0.05) is 0 Å². The average molecular weight is 1060 g/mol. The molecule has 0 fully saturated rings. The molecule has 0 aliphatic heterocycles. The van der Waals surface area contributed by atoms with Crippen LogP contribution in [0.25, 0.3) is 0 Å². The third-order valence-corrected chi connectivity index (χ3v) is 37.3. The molecule has 25 heteroatoms. The van der Waals surface area contributed by atoms with Gasteiger partial charge in [0, 0.05) is 0 Å². The fourth-order valence-corrected chi connectivity index (χ4v) is 42.3. The molecule has 2 rings (SSSR count).